The molecule has 1 aromatic heterocycles. The number of nitrogens with one attached hydrogen (secondary N) is 1. The van der Waals surface area contributed by atoms with Crippen molar-refractivity contribution in [3.05, 3.63) is 29.6 Å². The number of carboxylic acid groups (broad SMARTS) is 1. The average molecular weight is 258 g/mol. The van der Waals surface area contributed by atoms with Gasteiger partial charge in [-0.3, -0.25) is 9.59 Å². The molecule has 98 valence electrons. The van der Waals surface area contributed by atoms with Crippen LogP contribution in [0.25, 0.3) is 0 Å². The van der Waals surface area contributed by atoms with Crippen molar-refractivity contribution in [2.24, 2.45) is 5.92 Å². The van der Waals surface area contributed by atoms with Crippen LogP contribution in [-0.4, -0.2) is 28.5 Å². The molecular formula is C11H12F2N2O3. The minimum Gasteiger partial charge on any atom is -0.481 e. The molecule has 1 unspecified atom stereocenters. The summed E-state index contributed by atoms with van der Waals surface area (Å²) in [7, 11) is 0. The van der Waals surface area contributed by atoms with E-state index in [9.17, 15) is 18.4 Å². The van der Waals surface area contributed by atoms with Gasteiger partial charge in [0.2, 0.25) is 5.95 Å². The van der Waals surface area contributed by atoms with E-state index >= 15 is 0 Å². The maximum absolute atomic E-state index is 13.2. The first-order chi connectivity index (χ1) is 8.41. The normalized spacial score (nSPS) is 11.9. The number of aliphatic carboxylic acids is 1. The molecule has 0 saturated heterocycles. The van der Waals surface area contributed by atoms with Gasteiger partial charge in [-0.2, -0.15) is 4.39 Å². The third-order valence-electron chi connectivity index (χ3n) is 2.23. The number of carbonyl (C=O) groups excluding carboxylic acids is 1. The summed E-state index contributed by atoms with van der Waals surface area (Å²) in [4.78, 5) is 25.0. The highest BCUT2D eigenvalue weighted by molar-refractivity contribution is 5.94. The highest BCUT2D eigenvalue weighted by Crippen LogP contribution is 2.09. The van der Waals surface area contributed by atoms with Crippen LogP contribution in [0.3, 0.4) is 0 Å². The van der Waals surface area contributed by atoms with E-state index in [1.54, 1.807) is 6.92 Å². The van der Waals surface area contributed by atoms with Crippen LogP contribution in [0.5, 0.6) is 0 Å². The SMILES string of the molecule is CC(CNC(=O)c1ccnc(F)c1F)CC(=O)O. The predicted octanol–water partition coefficient (Wildman–Crippen LogP) is 1.20. The fraction of sp³-hybridized carbons (Fsp3) is 0.364. The maximum Gasteiger partial charge on any atom is 0.303 e. The minimum atomic E-state index is -1.35. The molecule has 7 heteroatoms. The molecule has 0 fully saturated rings. The second-order valence-electron chi connectivity index (χ2n) is 3.88. The molecular weight excluding hydrogens is 246 g/mol. The Labute approximate surface area is 102 Å². The molecule has 0 saturated carbocycles. The van der Waals surface area contributed by atoms with Gasteiger partial charge in [0, 0.05) is 19.2 Å². The number of aromatic nitrogens is 1. The second-order valence-corrected chi connectivity index (χ2v) is 3.88. The predicted molar refractivity (Wildman–Crippen MR) is 57.9 cm³/mol. The number of amides is 1. The molecule has 0 spiro atoms. The van der Waals surface area contributed by atoms with Gasteiger partial charge >= 0.3 is 5.97 Å². The van der Waals surface area contributed by atoms with E-state index < -0.39 is 29.2 Å². The molecule has 0 aliphatic rings. The summed E-state index contributed by atoms with van der Waals surface area (Å²) in [6.07, 6.45) is 0.863. The lowest BCUT2D eigenvalue weighted by Gasteiger charge is -2.10. The third kappa shape index (κ3) is 3.76. The molecule has 5 nitrogen and oxygen atoms in total. The van der Waals surface area contributed by atoms with Crippen molar-refractivity contribution < 1.29 is 23.5 Å². The van der Waals surface area contributed by atoms with Crippen LogP contribution in [0.1, 0.15) is 23.7 Å². The first-order valence-corrected chi connectivity index (χ1v) is 5.21. The lowest BCUT2D eigenvalue weighted by molar-refractivity contribution is -0.137. The number of carboxylic acids is 1. The summed E-state index contributed by atoms with van der Waals surface area (Å²) in [5.74, 6) is -4.76. The Morgan fingerprint density at radius 3 is 2.78 bits per heavy atom. The average Bonchev–Trinajstić information content (AvgIpc) is 2.29. The van der Waals surface area contributed by atoms with Crippen LogP contribution in [0.4, 0.5) is 8.78 Å². The van der Waals surface area contributed by atoms with E-state index in [-0.39, 0.29) is 18.9 Å². The third-order valence-corrected chi connectivity index (χ3v) is 2.23. The number of carbonyl (C=O) groups is 2. The van der Waals surface area contributed by atoms with Gasteiger partial charge in [-0.15, -0.1) is 0 Å². The van der Waals surface area contributed by atoms with E-state index in [4.69, 9.17) is 5.11 Å². The zero-order valence-electron chi connectivity index (χ0n) is 9.61. The molecule has 0 aromatic carbocycles. The number of halogens is 2. The first-order valence-electron chi connectivity index (χ1n) is 5.21. The molecule has 1 aromatic rings. The van der Waals surface area contributed by atoms with E-state index in [1.165, 1.54) is 0 Å². The van der Waals surface area contributed by atoms with Gasteiger partial charge in [0.15, 0.2) is 5.82 Å². The number of nitrogens with zero attached hydrogens (tertiary/aromatic N) is 1. The second kappa shape index (κ2) is 6.04. The molecule has 0 radical (unpaired) electrons. The van der Waals surface area contributed by atoms with Crippen molar-refractivity contribution in [3.63, 3.8) is 0 Å². The van der Waals surface area contributed by atoms with Gasteiger partial charge in [0.1, 0.15) is 0 Å². The Hall–Kier alpha value is -2.05. The Kier molecular flexibility index (Phi) is 4.70. The van der Waals surface area contributed by atoms with Crippen LogP contribution < -0.4 is 5.32 Å². The fourth-order valence-electron chi connectivity index (χ4n) is 1.33. The van der Waals surface area contributed by atoms with Crippen molar-refractivity contribution >= 4 is 11.9 Å². The summed E-state index contributed by atoms with van der Waals surface area (Å²) >= 11 is 0. The van der Waals surface area contributed by atoms with E-state index in [0.29, 0.717) is 0 Å². The smallest absolute Gasteiger partial charge is 0.303 e. The lowest BCUT2D eigenvalue weighted by Crippen LogP contribution is -2.30. The molecule has 0 aliphatic carbocycles. The standard InChI is InChI=1S/C11H12F2N2O3/c1-6(4-8(16)17)5-15-11(18)7-2-3-14-10(13)9(7)12/h2-3,6H,4-5H2,1H3,(H,15,18)(H,16,17). The Morgan fingerprint density at radius 1 is 1.50 bits per heavy atom. The molecule has 2 N–H and O–H groups in total. The van der Waals surface area contributed by atoms with Crippen molar-refractivity contribution in [1.82, 2.24) is 10.3 Å². The van der Waals surface area contributed by atoms with E-state index in [2.05, 4.69) is 10.3 Å². The number of hydrogen-bond donors (Lipinski definition) is 2. The Bertz CT molecular complexity index is 466. The van der Waals surface area contributed by atoms with Crippen LogP contribution in [0, 0.1) is 17.7 Å². The molecule has 1 heterocycles. The van der Waals surface area contributed by atoms with Gasteiger partial charge in [0.05, 0.1) is 5.56 Å². The zero-order chi connectivity index (χ0) is 13.7. The molecule has 1 rings (SSSR count). The quantitative estimate of drug-likeness (QED) is 0.778. The number of rotatable bonds is 5. The van der Waals surface area contributed by atoms with Crippen molar-refractivity contribution in [2.45, 2.75) is 13.3 Å². The monoisotopic (exact) mass is 258 g/mol. The van der Waals surface area contributed by atoms with Crippen LogP contribution in [0.2, 0.25) is 0 Å². The number of pyridine rings is 1. The van der Waals surface area contributed by atoms with E-state index in [1.807, 2.05) is 0 Å². The Balaban J connectivity index is 2.61. The van der Waals surface area contributed by atoms with Crippen LogP contribution >= 0.6 is 0 Å². The first kappa shape index (κ1) is 14.0. The molecule has 18 heavy (non-hydrogen) atoms. The molecule has 1 amide bonds. The molecule has 0 aliphatic heterocycles. The highest BCUT2D eigenvalue weighted by Gasteiger charge is 2.17. The van der Waals surface area contributed by atoms with Gasteiger partial charge in [-0.1, -0.05) is 6.92 Å². The maximum atomic E-state index is 13.2. The summed E-state index contributed by atoms with van der Waals surface area (Å²) < 4.78 is 26.0. The van der Waals surface area contributed by atoms with Crippen LogP contribution in [-0.2, 0) is 4.79 Å². The van der Waals surface area contributed by atoms with Crippen molar-refractivity contribution in [2.75, 3.05) is 6.54 Å². The molecule has 0 bridgehead atoms. The molecule has 1 atom stereocenters. The fourth-order valence-corrected chi connectivity index (χ4v) is 1.33. The largest absolute Gasteiger partial charge is 0.481 e. The summed E-state index contributed by atoms with van der Waals surface area (Å²) in [6.45, 7) is 1.69. The van der Waals surface area contributed by atoms with Crippen molar-refractivity contribution in [1.29, 1.82) is 0 Å². The summed E-state index contributed by atoms with van der Waals surface area (Å²) in [5.41, 5.74) is -0.454. The van der Waals surface area contributed by atoms with E-state index in [0.717, 1.165) is 12.3 Å². The summed E-state index contributed by atoms with van der Waals surface area (Å²) in [5, 5.41) is 10.9. The summed E-state index contributed by atoms with van der Waals surface area (Å²) in [6, 6.07) is 1.05. The van der Waals surface area contributed by atoms with Gasteiger partial charge in [-0.25, -0.2) is 9.37 Å². The van der Waals surface area contributed by atoms with Crippen molar-refractivity contribution in [3.8, 4) is 0 Å². The Morgan fingerprint density at radius 2 is 2.17 bits per heavy atom. The minimum absolute atomic E-state index is 0.0640. The topological polar surface area (TPSA) is 79.3 Å². The van der Waals surface area contributed by atoms with Crippen LogP contribution in [0.15, 0.2) is 12.3 Å². The van der Waals surface area contributed by atoms with Gasteiger partial charge < -0.3 is 10.4 Å². The number of hydrogen-bond acceptors (Lipinski definition) is 3. The van der Waals surface area contributed by atoms with Gasteiger partial charge in [0.25, 0.3) is 5.91 Å². The lowest BCUT2D eigenvalue weighted by atomic mass is 10.1. The highest BCUT2D eigenvalue weighted by atomic mass is 19.2. The van der Waals surface area contributed by atoms with Gasteiger partial charge in [-0.05, 0) is 12.0 Å². The zero-order valence-corrected chi connectivity index (χ0v) is 9.61.